The fourth-order valence-electron chi connectivity index (χ4n) is 1.52. The molecule has 21 heavy (non-hydrogen) atoms. The van der Waals surface area contributed by atoms with E-state index in [1.807, 2.05) is 0 Å². The van der Waals surface area contributed by atoms with Gasteiger partial charge in [0.05, 0.1) is 18.2 Å². The number of rotatable bonds is 6. The van der Waals surface area contributed by atoms with Crippen molar-refractivity contribution in [2.75, 3.05) is 6.61 Å². The summed E-state index contributed by atoms with van der Waals surface area (Å²) in [5.41, 5.74) is 6.35. The molecule has 0 aliphatic heterocycles. The molecule has 6 nitrogen and oxygen atoms in total. The Morgan fingerprint density at radius 2 is 2.05 bits per heavy atom. The fourth-order valence-corrected chi connectivity index (χ4v) is 1.76. The van der Waals surface area contributed by atoms with Gasteiger partial charge in [-0.3, -0.25) is 4.79 Å². The van der Waals surface area contributed by atoms with Gasteiger partial charge >= 0.3 is 5.97 Å². The summed E-state index contributed by atoms with van der Waals surface area (Å²) in [6, 6.07) is 8.46. The van der Waals surface area contributed by atoms with Crippen LogP contribution < -0.4 is 11.1 Å². The van der Waals surface area contributed by atoms with E-state index in [1.165, 1.54) is 0 Å². The van der Waals surface area contributed by atoms with Crippen molar-refractivity contribution < 1.29 is 14.3 Å². The van der Waals surface area contributed by atoms with Gasteiger partial charge in [-0.2, -0.15) is 5.26 Å². The van der Waals surface area contributed by atoms with Crippen LogP contribution in [0.25, 0.3) is 0 Å². The molecule has 0 heterocycles. The zero-order valence-electron chi connectivity index (χ0n) is 11.5. The Balaban J connectivity index is 2.61. The number of benzene rings is 1. The van der Waals surface area contributed by atoms with Crippen molar-refractivity contribution in [2.45, 2.75) is 13.5 Å². The first-order chi connectivity index (χ1) is 9.99. The summed E-state index contributed by atoms with van der Waals surface area (Å²) >= 11 is 4.94. The number of carbonyl (C=O) groups excluding carboxylic acids is 2. The second kappa shape index (κ2) is 7.97. The zero-order chi connectivity index (χ0) is 15.8. The van der Waals surface area contributed by atoms with Gasteiger partial charge in [0.25, 0.3) is 0 Å². The number of thiocarbonyl (C=S) groups is 1. The van der Waals surface area contributed by atoms with Crippen LogP contribution in [0.1, 0.15) is 22.8 Å². The van der Waals surface area contributed by atoms with E-state index in [0.29, 0.717) is 18.7 Å². The Morgan fingerprint density at radius 1 is 1.43 bits per heavy atom. The van der Waals surface area contributed by atoms with Crippen molar-refractivity contribution in [3.63, 3.8) is 0 Å². The molecule has 0 aromatic heterocycles. The summed E-state index contributed by atoms with van der Waals surface area (Å²) in [5.74, 6) is -2.31. The lowest BCUT2D eigenvalue weighted by atomic mass is 10.1. The van der Waals surface area contributed by atoms with Crippen LogP contribution in [-0.2, 0) is 16.1 Å². The molecular formula is C14H15N3O3S. The van der Waals surface area contributed by atoms with Crippen molar-refractivity contribution in [1.29, 1.82) is 5.26 Å². The van der Waals surface area contributed by atoms with Gasteiger partial charge in [-0.05, 0) is 24.6 Å². The van der Waals surface area contributed by atoms with Crippen LogP contribution in [-0.4, -0.2) is 23.5 Å². The SMILES string of the molecule is CCOC(=O)c1ccc(CNC(=S)C(C#N)C(N)=O)cc1. The van der Waals surface area contributed by atoms with Gasteiger partial charge in [-0.1, -0.05) is 24.4 Å². The predicted molar refractivity (Wildman–Crippen MR) is 80.1 cm³/mol. The molecule has 0 spiro atoms. The molecule has 110 valence electrons. The molecule has 0 bridgehead atoms. The van der Waals surface area contributed by atoms with E-state index >= 15 is 0 Å². The second-order valence-electron chi connectivity index (χ2n) is 4.10. The molecule has 1 aromatic carbocycles. The van der Waals surface area contributed by atoms with Crippen LogP contribution in [0.5, 0.6) is 0 Å². The molecule has 3 N–H and O–H groups in total. The first kappa shape index (κ1) is 16.6. The number of hydrogen-bond acceptors (Lipinski definition) is 5. The average Bonchev–Trinajstić information content (AvgIpc) is 2.46. The van der Waals surface area contributed by atoms with Crippen molar-refractivity contribution in [3.05, 3.63) is 35.4 Å². The Morgan fingerprint density at radius 3 is 2.52 bits per heavy atom. The molecule has 0 saturated heterocycles. The lowest BCUT2D eigenvalue weighted by Crippen LogP contribution is -2.36. The quantitative estimate of drug-likeness (QED) is 0.597. The number of esters is 1. The lowest BCUT2D eigenvalue weighted by molar-refractivity contribution is -0.118. The Kier molecular flexibility index (Phi) is 6.30. The molecule has 1 amide bonds. The van der Waals surface area contributed by atoms with Crippen LogP contribution in [0.4, 0.5) is 0 Å². The van der Waals surface area contributed by atoms with Gasteiger partial charge in [-0.15, -0.1) is 0 Å². The zero-order valence-corrected chi connectivity index (χ0v) is 12.3. The van der Waals surface area contributed by atoms with Gasteiger partial charge in [0.15, 0.2) is 5.92 Å². The van der Waals surface area contributed by atoms with E-state index in [0.717, 1.165) is 5.56 Å². The molecule has 0 fully saturated rings. The maximum atomic E-state index is 11.5. The number of nitrogens with zero attached hydrogens (tertiary/aromatic N) is 1. The topological polar surface area (TPSA) is 105 Å². The average molecular weight is 305 g/mol. The van der Waals surface area contributed by atoms with Crippen molar-refractivity contribution in [2.24, 2.45) is 11.7 Å². The molecule has 1 atom stereocenters. The summed E-state index contributed by atoms with van der Waals surface area (Å²) in [5, 5.41) is 11.6. The fraction of sp³-hybridized carbons (Fsp3) is 0.286. The molecule has 1 unspecified atom stereocenters. The van der Waals surface area contributed by atoms with Gasteiger partial charge in [0.2, 0.25) is 5.91 Å². The number of amides is 1. The van der Waals surface area contributed by atoms with Crippen LogP contribution in [0, 0.1) is 17.2 Å². The highest BCUT2D eigenvalue weighted by Gasteiger charge is 2.19. The van der Waals surface area contributed by atoms with Gasteiger partial charge in [0.1, 0.15) is 4.99 Å². The van der Waals surface area contributed by atoms with Gasteiger partial charge in [-0.25, -0.2) is 4.79 Å². The minimum absolute atomic E-state index is 0.0828. The third kappa shape index (κ3) is 4.85. The standard InChI is InChI=1S/C14H15N3O3S/c1-2-20-14(19)10-5-3-9(4-6-10)8-17-13(21)11(7-15)12(16)18/h3-6,11H,2,8H2,1H3,(H2,16,18)(H,17,21). The molecule has 1 rings (SSSR count). The normalized spacial score (nSPS) is 11.0. The minimum Gasteiger partial charge on any atom is -0.462 e. The smallest absolute Gasteiger partial charge is 0.338 e. The number of primary amides is 1. The second-order valence-corrected chi connectivity index (χ2v) is 4.54. The molecule has 0 saturated carbocycles. The third-order valence-electron chi connectivity index (χ3n) is 2.61. The van der Waals surface area contributed by atoms with Crippen LogP contribution >= 0.6 is 12.2 Å². The highest BCUT2D eigenvalue weighted by molar-refractivity contribution is 7.80. The van der Waals surface area contributed by atoms with E-state index in [2.05, 4.69) is 5.32 Å². The van der Waals surface area contributed by atoms with Crippen molar-refractivity contribution >= 4 is 29.1 Å². The molecule has 0 aliphatic carbocycles. The van der Waals surface area contributed by atoms with E-state index < -0.39 is 11.8 Å². The van der Waals surface area contributed by atoms with Gasteiger partial charge < -0.3 is 15.8 Å². The van der Waals surface area contributed by atoms with E-state index in [9.17, 15) is 9.59 Å². The maximum Gasteiger partial charge on any atom is 0.338 e. The Hall–Kier alpha value is -2.46. The van der Waals surface area contributed by atoms with E-state index in [-0.39, 0.29) is 11.0 Å². The monoisotopic (exact) mass is 305 g/mol. The van der Waals surface area contributed by atoms with Gasteiger partial charge in [0, 0.05) is 6.54 Å². The number of ether oxygens (including phenoxy) is 1. The van der Waals surface area contributed by atoms with Crippen molar-refractivity contribution in [1.82, 2.24) is 5.32 Å². The number of nitriles is 1. The first-order valence-corrected chi connectivity index (χ1v) is 6.63. The molecule has 0 aliphatic rings. The maximum absolute atomic E-state index is 11.5. The Bertz CT molecular complexity index is 578. The number of carbonyl (C=O) groups is 2. The Labute approximate surface area is 127 Å². The number of hydrogen-bond donors (Lipinski definition) is 2. The molecular weight excluding hydrogens is 290 g/mol. The summed E-state index contributed by atoms with van der Waals surface area (Å²) in [6.45, 7) is 2.38. The predicted octanol–water partition coefficient (Wildman–Crippen LogP) is 0.905. The van der Waals surface area contributed by atoms with E-state index in [4.69, 9.17) is 28.0 Å². The van der Waals surface area contributed by atoms with E-state index in [1.54, 1.807) is 37.3 Å². The highest BCUT2D eigenvalue weighted by atomic mass is 32.1. The van der Waals surface area contributed by atoms with Crippen LogP contribution in [0.15, 0.2) is 24.3 Å². The first-order valence-electron chi connectivity index (χ1n) is 6.22. The van der Waals surface area contributed by atoms with Crippen LogP contribution in [0.2, 0.25) is 0 Å². The molecule has 0 radical (unpaired) electrons. The number of nitrogens with one attached hydrogen (secondary N) is 1. The lowest BCUT2D eigenvalue weighted by Gasteiger charge is -2.10. The highest BCUT2D eigenvalue weighted by Crippen LogP contribution is 2.07. The molecule has 1 aromatic rings. The largest absolute Gasteiger partial charge is 0.462 e. The van der Waals surface area contributed by atoms with Crippen LogP contribution in [0.3, 0.4) is 0 Å². The summed E-state index contributed by atoms with van der Waals surface area (Å²) in [7, 11) is 0. The van der Waals surface area contributed by atoms with Crippen molar-refractivity contribution in [3.8, 4) is 6.07 Å². The number of nitrogens with two attached hydrogens (primary N) is 1. The minimum atomic E-state index is -1.14. The summed E-state index contributed by atoms with van der Waals surface area (Å²) in [4.78, 5) is 22.5. The third-order valence-corrected chi connectivity index (χ3v) is 2.99. The summed E-state index contributed by atoms with van der Waals surface area (Å²) < 4.78 is 4.88. The summed E-state index contributed by atoms with van der Waals surface area (Å²) in [6.07, 6.45) is 0. The molecule has 7 heteroatoms.